The second-order valence-corrected chi connectivity index (χ2v) is 7.24. The van der Waals surface area contributed by atoms with Crippen LogP contribution in [-0.4, -0.2) is 38.8 Å². The Morgan fingerprint density at radius 2 is 2.03 bits per heavy atom. The Bertz CT molecular complexity index is 1070. The number of nitrogens with one attached hydrogen (secondary N) is 1. The summed E-state index contributed by atoms with van der Waals surface area (Å²) in [6.07, 6.45) is 5.14. The predicted molar refractivity (Wildman–Crippen MR) is 107 cm³/mol. The van der Waals surface area contributed by atoms with Gasteiger partial charge in [0.05, 0.1) is 12.1 Å². The first-order valence-corrected chi connectivity index (χ1v) is 9.62. The zero-order valence-corrected chi connectivity index (χ0v) is 15.8. The van der Waals surface area contributed by atoms with E-state index in [1.54, 1.807) is 41.6 Å². The lowest BCUT2D eigenvalue weighted by atomic mass is 9.96. The molecule has 1 saturated heterocycles. The molecule has 0 radical (unpaired) electrons. The molecule has 1 unspecified atom stereocenters. The maximum atomic E-state index is 13.4. The number of likely N-dealkylation sites (tertiary alicyclic amines) is 1. The van der Waals surface area contributed by atoms with Gasteiger partial charge in [0.25, 0.3) is 5.56 Å². The van der Waals surface area contributed by atoms with E-state index < -0.39 is 0 Å². The normalized spacial score (nSPS) is 16.6. The zero-order valence-electron chi connectivity index (χ0n) is 15.8. The second-order valence-electron chi connectivity index (χ2n) is 7.24. The molecule has 1 amide bonds. The number of aromatic amines is 1. The minimum absolute atomic E-state index is 0.0466. The van der Waals surface area contributed by atoms with Crippen LogP contribution in [0, 0.1) is 5.82 Å². The highest BCUT2D eigenvalue weighted by Gasteiger charge is 2.26. The van der Waals surface area contributed by atoms with E-state index in [1.807, 2.05) is 0 Å². The highest BCUT2D eigenvalue weighted by atomic mass is 19.1. The molecule has 4 rings (SSSR count). The van der Waals surface area contributed by atoms with Crippen LogP contribution in [0.4, 0.5) is 4.39 Å². The van der Waals surface area contributed by atoms with E-state index in [0.29, 0.717) is 30.2 Å². The van der Waals surface area contributed by atoms with Gasteiger partial charge in [-0.3, -0.25) is 14.6 Å². The van der Waals surface area contributed by atoms with Crippen molar-refractivity contribution in [2.75, 3.05) is 13.1 Å². The third-order valence-electron chi connectivity index (χ3n) is 5.14. The first-order chi connectivity index (χ1) is 14.1. The van der Waals surface area contributed by atoms with Crippen molar-refractivity contribution in [2.24, 2.45) is 0 Å². The zero-order chi connectivity index (χ0) is 20.2. The molecule has 1 fully saturated rings. The van der Waals surface area contributed by atoms with Gasteiger partial charge in [-0.2, -0.15) is 0 Å². The highest BCUT2D eigenvalue weighted by molar-refractivity contribution is 5.79. The van der Waals surface area contributed by atoms with Crippen molar-refractivity contribution in [3.63, 3.8) is 0 Å². The predicted octanol–water partition coefficient (Wildman–Crippen LogP) is 2.92. The highest BCUT2D eigenvalue weighted by Crippen LogP contribution is 2.26. The molecule has 1 aliphatic heterocycles. The van der Waals surface area contributed by atoms with Crippen LogP contribution in [0.5, 0.6) is 0 Å². The first kappa shape index (κ1) is 19.0. The Balaban J connectivity index is 1.52. The van der Waals surface area contributed by atoms with Crippen LogP contribution in [0.1, 0.15) is 30.1 Å². The number of carbonyl (C=O) groups excluding carboxylic acids is 1. The number of benzene rings is 1. The average molecular weight is 392 g/mol. The first-order valence-electron chi connectivity index (χ1n) is 9.62. The van der Waals surface area contributed by atoms with E-state index in [1.165, 1.54) is 18.2 Å². The van der Waals surface area contributed by atoms with E-state index in [9.17, 15) is 14.0 Å². The number of piperidine rings is 1. The summed E-state index contributed by atoms with van der Waals surface area (Å²) in [6.45, 7) is 1.13. The van der Waals surface area contributed by atoms with E-state index in [0.717, 1.165) is 18.4 Å². The van der Waals surface area contributed by atoms with Gasteiger partial charge in [0.1, 0.15) is 11.6 Å². The number of nitrogens with zero attached hydrogens (tertiary/aromatic N) is 3. The summed E-state index contributed by atoms with van der Waals surface area (Å²) < 4.78 is 13.4. The number of hydrogen-bond donors (Lipinski definition) is 1. The standard InChI is InChI=1S/C22H21FN4O2/c23-18-5-1-3-15(11-18)12-21(29)27-10-2-4-17(14-27)22-25-19(13-20(28)26-22)16-6-8-24-9-7-16/h1,3,5-9,11,13,17H,2,4,10,12,14H2,(H,25,26,28). The number of rotatable bonds is 4. The second kappa shape index (κ2) is 8.34. The summed E-state index contributed by atoms with van der Waals surface area (Å²) in [6, 6.07) is 11.2. The van der Waals surface area contributed by atoms with Gasteiger partial charge in [0.15, 0.2) is 0 Å². The van der Waals surface area contributed by atoms with Crippen LogP contribution in [0.15, 0.2) is 59.7 Å². The number of halogens is 1. The molecule has 0 spiro atoms. The number of pyridine rings is 1. The van der Waals surface area contributed by atoms with Crippen LogP contribution in [0.2, 0.25) is 0 Å². The third-order valence-corrected chi connectivity index (χ3v) is 5.14. The van der Waals surface area contributed by atoms with E-state index in [4.69, 9.17) is 0 Å². The maximum absolute atomic E-state index is 13.4. The van der Waals surface area contributed by atoms with Crippen LogP contribution in [0.3, 0.4) is 0 Å². The lowest BCUT2D eigenvalue weighted by Crippen LogP contribution is -2.40. The fraction of sp³-hybridized carbons (Fsp3) is 0.273. The molecular formula is C22H21FN4O2. The van der Waals surface area contributed by atoms with Crippen molar-refractivity contribution in [2.45, 2.75) is 25.2 Å². The lowest BCUT2D eigenvalue weighted by molar-refractivity contribution is -0.131. The minimum atomic E-state index is -0.346. The SMILES string of the molecule is O=C(Cc1cccc(F)c1)N1CCCC(c2nc(-c3ccncc3)cc(=O)[nH]2)C1. The van der Waals surface area contributed by atoms with E-state index >= 15 is 0 Å². The summed E-state index contributed by atoms with van der Waals surface area (Å²) in [5, 5.41) is 0. The van der Waals surface area contributed by atoms with Gasteiger partial charge in [-0.1, -0.05) is 12.1 Å². The molecule has 6 nitrogen and oxygen atoms in total. The number of amides is 1. The van der Waals surface area contributed by atoms with Crippen molar-refractivity contribution in [3.05, 3.63) is 82.4 Å². The Hall–Kier alpha value is -3.35. The molecule has 1 aromatic carbocycles. The fourth-order valence-electron chi connectivity index (χ4n) is 3.70. The van der Waals surface area contributed by atoms with Crippen LogP contribution in [-0.2, 0) is 11.2 Å². The van der Waals surface area contributed by atoms with Crippen molar-refractivity contribution in [1.82, 2.24) is 19.9 Å². The van der Waals surface area contributed by atoms with Gasteiger partial charge >= 0.3 is 0 Å². The smallest absolute Gasteiger partial charge is 0.251 e. The van der Waals surface area contributed by atoms with Gasteiger partial charge in [-0.25, -0.2) is 9.37 Å². The van der Waals surface area contributed by atoms with E-state index in [-0.39, 0.29) is 29.6 Å². The van der Waals surface area contributed by atoms with Crippen molar-refractivity contribution in [1.29, 1.82) is 0 Å². The van der Waals surface area contributed by atoms with E-state index in [2.05, 4.69) is 15.0 Å². The molecular weight excluding hydrogens is 371 g/mol. The summed E-state index contributed by atoms with van der Waals surface area (Å²) in [7, 11) is 0. The monoisotopic (exact) mass is 392 g/mol. The molecule has 1 N–H and O–H groups in total. The lowest BCUT2D eigenvalue weighted by Gasteiger charge is -2.32. The largest absolute Gasteiger partial charge is 0.342 e. The van der Waals surface area contributed by atoms with Crippen LogP contribution < -0.4 is 5.56 Å². The Morgan fingerprint density at radius 1 is 1.21 bits per heavy atom. The molecule has 3 heterocycles. The van der Waals surface area contributed by atoms with Gasteiger partial charge in [-0.15, -0.1) is 0 Å². The van der Waals surface area contributed by atoms with Crippen LogP contribution >= 0.6 is 0 Å². The molecule has 0 saturated carbocycles. The Morgan fingerprint density at radius 3 is 2.83 bits per heavy atom. The molecule has 7 heteroatoms. The number of aromatic nitrogens is 3. The van der Waals surface area contributed by atoms with Crippen LogP contribution in [0.25, 0.3) is 11.3 Å². The summed E-state index contributed by atoms with van der Waals surface area (Å²) in [5.74, 6) is 0.150. The van der Waals surface area contributed by atoms with Gasteiger partial charge in [-0.05, 0) is 42.7 Å². The average Bonchev–Trinajstić information content (AvgIpc) is 2.74. The molecule has 1 aliphatic rings. The summed E-state index contributed by atoms with van der Waals surface area (Å²) >= 11 is 0. The quantitative estimate of drug-likeness (QED) is 0.741. The Labute approximate surface area is 167 Å². The molecule has 1 atom stereocenters. The molecule has 2 aromatic heterocycles. The van der Waals surface area contributed by atoms with Crippen molar-refractivity contribution < 1.29 is 9.18 Å². The number of carbonyl (C=O) groups is 1. The van der Waals surface area contributed by atoms with Gasteiger partial charge in [0, 0.05) is 43.0 Å². The number of H-pyrrole nitrogens is 1. The molecule has 148 valence electrons. The fourth-order valence-corrected chi connectivity index (χ4v) is 3.70. The topological polar surface area (TPSA) is 79.0 Å². The number of hydrogen-bond acceptors (Lipinski definition) is 4. The van der Waals surface area contributed by atoms with Crippen molar-refractivity contribution >= 4 is 5.91 Å². The summed E-state index contributed by atoms with van der Waals surface area (Å²) in [5.41, 5.74) is 1.85. The molecule has 3 aromatic rings. The minimum Gasteiger partial charge on any atom is -0.342 e. The molecule has 0 bridgehead atoms. The van der Waals surface area contributed by atoms with Gasteiger partial charge < -0.3 is 9.88 Å². The van der Waals surface area contributed by atoms with Crippen molar-refractivity contribution in [3.8, 4) is 11.3 Å². The molecule has 29 heavy (non-hydrogen) atoms. The third kappa shape index (κ3) is 4.56. The van der Waals surface area contributed by atoms with Gasteiger partial charge in [0.2, 0.25) is 5.91 Å². The molecule has 0 aliphatic carbocycles. The maximum Gasteiger partial charge on any atom is 0.251 e. The summed E-state index contributed by atoms with van der Waals surface area (Å²) in [4.78, 5) is 38.2. The Kier molecular flexibility index (Phi) is 5.46.